The van der Waals surface area contributed by atoms with Gasteiger partial charge in [0.05, 0.1) is 6.26 Å². The average molecular weight is 341 g/mol. The van der Waals surface area contributed by atoms with Crippen LogP contribution >= 0.6 is 0 Å². The average Bonchev–Trinajstić information content (AvgIpc) is 3.25. The summed E-state index contributed by atoms with van der Waals surface area (Å²) in [5.74, 6) is -0.690. The topological polar surface area (TPSA) is 91.7 Å². The maximum absolute atomic E-state index is 12.6. The van der Waals surface area contributed by atoms with E-state index < -0.39 is 17.5 Å². The lowest BCUT2D eigenvalue weighted by atomic mass is 9.98. The molecular weight excluding hydrogens is 322 g/mol. The normalized spacial score (nSPS) is 19.0. The highest BCUT2D eigenvalue weighted by molar-refractivity contribution is 6.10. The Bertz CT molecular complexity index is 880. The van der Waals surface area contributed by atoms with E-state index in [1.807, 2.05) is 13.0 Å². The van der Waals surface area contributed by atoms with Crippen LogP contribution in [0.1, 0.15) is 31.2 Å². The maximum Gasteiger partial charge on any atom is 0.325 e. The highest BCUT2D eigenvalue weighted by Gasteiger charge is 2.52. The van der Waals surface area contributed by atoms with Crippen molar-refractivity contribution in [2.45, 2.75) is 38.1 Å². The van der Waals surface area contributed by atoms with Gasteiger partial charge in [0.25, 0.3) is 5.91 Å². The number of rotatable bonds is 3. The van der Waals surface area contributed by atoms with Gasteiger partial charge in [0.15, 0.2) is 0 Å². The second-order valence-corrected chi connectivity index (χ2v) is 6.79. The van der Waals surface area contributed by atoms with Gasteiger partial charge in [-0.25, -0.2) is 4.79 Å². The summed E-state index contributed by atoms with van der Waals surface area (Å²) in [7, 11) is 0. The van der Waals surface area contributed by atoms with Crippen LogP contribution < -0.4 is 10.6 Å². The molecule has 2 N–H and O–H groups in total. The van der Waals surface area contributed by atoms with Gasteiger partial charge in [-0.3, -0.25) is 14.5 Å². The second kappa shape index (κ2) is 5.61. The Morgan fingerprint density at radius 3 is 2.84 bits per heavy atom. The second-order valence-electron chi connectivity index (χ2n) is 6.79. The summed E-state index contributed by atoms with van der Waals surface area (Å²) in [6.45, 7) is 1.64. The van der Waals surface area contributed by atoms with E-state index in [9.17, 15) is 14.4 Å². The molecule has 2 fully saturated rings. The molecule has 1 aromatic heterocycles. The van der Waals surface area contributed by atoms with Crippen LogP contribution in [-0.2, 0) is 9.59 Å². The monoisotopic (exact) mass is 341 g/mol. The molecule has 2 aromatic rings. The molecule has 25 heavy (non-hydrogen) atoms. The number of carbonyl (C=O) groups excluding carboxylic acids is 3. The van der Waals surface area contributed by atoms with E-state index in [2.05, 4.69) is 10.6 Å². The lowest BCUT2D eigenvalue weighted by molar-refractivity contribution is -0.133. The Labute approximate surface area is 144 Å². The van der Waals surface area contributed by atoms with E-state index in [4.69, 9.17) is 4.42 Å². The molecule has 0 bridgehead atoms. The van der Waals surface area contributed by atoms with Gasteiger partial charge in [-0.1, -0.05) is 12.8 Å². The number of nitrogens with one attached hydrogen (secondary N) is 2. The molecule has 7 heteroatoms. The molecule has 7 nitrogen and oxygen atoms in total. The first kappa shape index (κ1) is 15.7. The van der Waals surface area contributed by atoms with Crippen molar-refractivity contribution in [2.24, 2.45) is 0 Å². The number of anilines is 1. The predicted octanol–water partition coefficient (Wildman–Crippen LogP) is 2.54. The number of amides is 4. The molecule has 1 aliphatic carbocycles. The van der Waals surface area contributed by atoms with Gasteiger partial charge in [0, 0.05) is 11.1 Å². The van der Waals surface area contributed by atoms with Crippen LogP contribution in [0.25, 0.3) is 11.0 Å². The number of imide groups is 1. The summed E-state index contributed by atoms with van der Waals surface area (Å²) >= 11 is 0. The van der Waals surface area contributed by atoms with Crippen molar-refractivity contribution in [3.63, 3.8) is 0 Å². The van der Waals surface area contributed by atoms with Crippen LogP contribution in [0.3, 0.4) is 0 Å². The lowest BCUT2D eigenvalue weighted by Crippen LogP contribution is -2.44. The zero-order chi connectivity index (χ0) is 17.6. The fraction of sp³-hybridized carbons (Fsp3) is 0.389. The number of carbonyl (C=O) groups is 3. The van der Waals surface area contributed by atoms with Crippen molar-refractivity contribution in [1.82, 2.24) is 10.2 Å². The van der Waals surface area contributed by atoms with E-state index in [1.54, 1.807) is 18.4 Å². The number of benzene rings is 1. The maximum atomic E-state index is 12.6. The molecular formula is C18H19N3O4. The summed E-state index contributed by atoms with van der Waals surface area (Å²) < 4.78 is 5.38. The molecule has 130 valence electrons. The molecule has 4 rings (SSSR count). The van der Waals surface area contributed by atoms with Crippen molar-refractivity contribution >= 4 is 34.5 Å². The third kappa shape index (κ3) is 2.56. The fourth-order valence-corrected chi connectivity index (χ4v) is 3.72. The minimum absolute atomic E-state index is 0.283. The first-order valence-electron chi connectivity index (χ1n) is 8.40. The third-order valence-corrected chi connectivity index (χ3v) is 5.06. The molecule has 0 radical (unpaired) electrons. The lowest BCUT2D eigenvalue weighted by Gasteiger charge is -2.19. The number of fused-ring (bicyclic) bond motifs is 1. The van der Waals surface area contributed by atoms with E-state index >= 15 is 0 Å². The standard InChI is InChI=1S/C18H19N3O4/c1-11-10-25-14-5-4-12(8-13(11)14)19-15(22)9-21-16(23)18(20-17(21)24)6-2-3-7-18/h4-5,8,10H,2-3,6-7,9H2,1H3,(H,19,22)(H,20,24). The molecule has 1 spiro atoms. The van der Waals surface area contributed by atoms with Gasteiger partial charge in [0.2, 0.25) is 5.91 Å². The van der Waals surface area contributed by atoms with Crippen molar-refractivity contribution < 1.29 is 18.8 Å². The molecule has 2 heterocycles. The van der Waals surface area contributed by atoms with Gasteiger partial charge < -0.3 is 15.1 Å². The summed E-state index contributed by atoms with van der Waals surface area (Å²) in [6.07, 6.45) is 4.77. The van der Waals surface area contributed by atoms with Crippen LogP contribution in [0, 0.1) is 6.92 Å². The summed E-state index contributed by atoms with van der Waals surface area (Å²) in [4.78, 5) is 38.0. The molecule has 2 aliphatic rings. The number of furan rings is 1. The summed E-state index contributed by atoms with van der Waals surface area (Å²) in [5.41, 5.74) is 1.53. The molecule has 4 amide bonds. The smallest absolute Gasteiger partial charge is 0.325 e. The largest absolute Gasteiger partial charge is 0.464 e. The zero-order valence-corrected chi connectivity index (χ0v) is 13.9. The number of hydrogen-bond donors (Lipinski definition) is 2. The Morgan fingerprint density at radius 1 is 1.32 bits per heavy atom. The Kier molecular flexibility index (Phi) is 3.52. The highest BCUT2D eigenvalue weighted by atomic mass is 16.3. The molecule has 1 saturated carbocycles. The molecule has 0 atom stereocenters. The first-order valence-corrected chi connectivity index (χ1v) is 8.40. The molecule has 1 aromatic carbocycles. The zero-order valence-electron chi connectivity index (χ0n) is 13.9. The summed E-state index contributed by atoms with van der Waals surface area (Å²) in [5, 5.41) is 6.43. The first-order chi connectivity index (χ1) is 12.0. The van der Waals surface area contributed by atoms with Crippen LogP contribution in [0.5, 0.6) is 0 Å². The predicted molar refractivity (Wildman–Crippen MR) is 91.0 cm³/mol. The van der Waals surface area contributed by atoms with Crippen molar-refractivity contribution in [3.8, 4) is 0 Å². The Balaban J connectivity index is 1.47. The van der Waals surface area contributed by atoms with Gasteiger partial charge in [0.1, 0.15) is 17.7 Å². The van der Waals surface area contributed by atoms with Gasteiger partial charge in [-0.2, -0.15) is 0 Å². The van der Waals surface area contributed by atoms with Gasteiger partial charge in [-0.05, 0) is 43.5 Å². The van der Waals surface area contributed by atoms with E-state index in [-0.39, 0.29) is 12.5 Å². The molecule has 1 aliphatic heterocycles. The van der Waals surface area contributed by atoms with Crippen LogP contribution in [0.2, 0.25) is 0 Å². The minimum atomic E-state index is -0.788. The van der Waals surface area contributed by atoms with Crippen LogP contribution in [-0.4, -0.2) is 34.8 Å². The quantitative estimate of drug-likeness (QED) is 0.839. The van der Waals surface area contributed by atoms with E-state index in [1.165, 1.54) is 0 Å². The number of urea groups is 1. The Hall–Kier alpha value is -2.83. The van der Waals surface area contributed by atoms with Crippen molar-refractivity contribution in [2.75, 3.05) is 11.9 Å². The van der Waals surface area contributed by atoms with E-state index in [0.29, 0.717) is 18.5 Å². The highest BCUT2D eigenvalue weighted by Crippen LogP contribution is 2.35. The minimum Gasteiger partial charge on any atom is -0.464 e. The number of hydrogen-bond acceptors (Lipinski definition) is 4. The third-order valence-electron chi connectivity index (χ3n) is 5.06. The molecule has 0 unspecified atom stereocenters. The Morgan fingerprint density at radius 2 is 2.08 bits per heavy atom. The van der Waals surface area contributed by atoms with Gasteiger partial charge in [-0.15, -0.1) is 0 Å². The van der Waals surface area contributed by atoms with Crippen LogP contribution in [0.4, 0.5) is 10.5 Å². The number of nitrogens with zero attached hydrogens (tertiary/aromatic N) is 1. The van der Waals surface area contributed by atoms with Crippen molar-refractivity contribution in [1.29, 1.82) is 0 Å². The van der Waals surface area contributed by atoms with Crippen molar-refractivity contribution in [3.05, 3.63) is 30.0 Å². The van der Waals surface area contributed by atoms with E-state index in [0.717, 1.165) is 34.3 Å². The number of aryl methyl sites for hydroxylation is 1. The summed E-state index contributed by atoms with van der Waals surface area (Å²) in [6, 6.07) is 4.84. The van der Waals surface area contributed by atoms with Gasteiger partial charge >= 0.3 is 6.03 Å². The van der Waals surface area contributed by atoms with Crippen LogP contribution in [0.15, 0.2) is 28.9 Å². The SMILES string of the molecule is Cc1coc2ccc(NC(=O)CN3C(=O)NC4(CCCC4)C3=O)cc12. The fourth-order valence-electron chi connectivity index (χ4n) is 3.72. The molecule has 1 saturated heterocycles.